The van der Waals surface area contributed by atoms with Crippen LogP contribution in [0.3, 0.4) is 0 Å². The van der Waals surface area contributed by atoms with Crippen molar-refractivity contribution in [1.82, 2.24) is 29.5 Å². The van der Waals surface area contributed by atoms with Gasteiger partial charge in [0.05, 0.1) is 17.4 Å². The first-order chi connectivity index (χ1) is 18.0. The maximum atomic E-state index is 13.1. The second-order valence-corrected chi connectivity index (χ2v) is 9.99. The zero-order valence-electron chi connectivity index (χ0n) is 21.0. The van der Waals surface area contributed by atoms with Crippen molar-refractivity contribution in [2.45, 2.75) is 45.2 Å². The summed E-state index contributed by atoms with van der Waals surface area (Å²) in [6, 6.07) is 15.7. The number of aryl methyl sites for hydroxylation is 2. The fourth-order valence-corrected chi connectivity index (χ4v) is 4.94. The Bertz CT molecular complexity index is 1480. The molecule has 1 aliphatic carbocycles. The Morgan fingerprint density at radius 2 is 1.76 bits per heavy atom. The summed E-state index contributed by atoms with van der Waals surface area (Å²) in [4.78, 5) is 39.5. The van der Waals surface area contributed by atoms with E-state index in [9.17, 15) is 9.59 Å². The Hall–Kier alpha value is -3.85. The number of fused-ring (bicyclic) bond motifs is 1. The van der Waals surface area contributed by atoms with Crippen molar-refractivity contribution in [3.05, 3.63) is 76.2 Å². The molecule has 37 heavy (non-hydrogen) atoms. The topological polar surface area (TPSA) is 97.4 Å². The number of rotatable bonds is 7. The fraction of sp³-hybridized carbons (Fsp3) is 0.393. The first kappa shape index (κ1) is 23.5. The molecule has 2 aromatic heterocycles. The zero-order valence-corrected chi connectivity index (χ0v) is 21.0. The molecular weight excluding hydrogens is 468 g/mol. The quantitative estimate of drug-likeness (QED) is 0.385. The van der Waals surface area contributed by atoms with Gasteiger partial charge in [-0.25, -0.2) is 4.98 Å². The molecule has 0 N–H and O–H groups in total. The summed E-state index contributed by atoms with van der Waals surface area (Å²) in [6.45, 7) is 5.40. The van der Waals surface area contributed by atoms with Crippen LogP contribution in [-0.2, 0) is 17.8 Å². The minimum absolute atomic E-state index is 0.00993. The fourth-order valence-electron chi connectivity index (χ4n) is 4.94. The lowest BCUT2D eigenvalue weighted by Crippen LogP contribution is -2.48. The highest BCUT2D eigenvalue weighted by Crippen LogP contribution is 2.35. The van der Waals surface area contributed by atoms with Crippen molar-refractivity contribution in [2.75, 3.05) is 26.2 Å². The van der Waals surface area contributed by atoms with Gasteiger partial charge >= 0.3 is 0 Å². The average molecular weight is 499 g/mol. The van der Waals surface area contributed by atoms with E-state index in [1.807, 2.05) is 64.9 Å². The number of aromatic nitrogens is 4. The standard InChI is InChI=1S/C28H30N6O3/c1-19-6-8-20(9-7-19)27-30-25(37-31-27)18-32-14-16-33(17-15-32)26(35)13-12-24-29-23-5-3-2-4-22(23)28(36)34(24)21-10-11-21/h2-9,21H,10-18H2,1H3. The molecule has 6 rings (SSSR count). The van der Waals surface area contributed by atoms with Crippen molar-refractivity contribution in [2.24, 2.45) is 0 Å². The predicted molar refractivity (Wildman–Crippen MR) is 139 cm³/mol. The molecule has 1 saturated heterocycles. The summed E-state index contributed by atoms with van der Waals surface area (Å²) in [5, 5.41) is 4.77. The predicted octanol–water partition coefficient (Wildman–Crippen LogP) is 3.37. The molecule has 0 radical (unpaired) electrons. The smallest absolute Gasteiger partial charge is 0.261 e. The lowest BCUT2D eigenvalue weighted by atomic mass is 10.1. The van der Waals surface area contributed by atoms with E-state index in [2.05, 4.69) is 15.0 Å². The summed E-state index contributed by atoms with van der Waals surface area (Å²) in [7, 11) is 0. The van der Waals surface area contributed by atoms with Crippen LogP contribution >= 0.6 is 0 Å². The molecule has 2 aliphatic rings. The van der Waals surface area contributed by atoms with Crippen LogP contribution in [0.15, 0.2) is 57.8 Å². The molecule has 9 nitrogen and oxygen atoms in total. The minimum Gasteiger partial charge on any atom is -0.340 e. The van der Waals surface area contributed by atoms with E-state index in [0.29, 0.717) is 55.1 Å². The lowest BCUT2D eigenvalue weighted by molar-refractivity contribution is -0.133. The molecular formula is C28H30N6O3. The number of benzene rings is 2. The number of carbonyl (C=O) groups is 1. The van der Waals surface area contributed by atoms with Crippen molar-refractivity contribution in [3.63, 3.8) is 0 Å². The molecule has 9 heteroatoms. The Labute approximate surface area is 214 Å². The van der Waals surface area contributed by atoms with Crippen LogP contribution in [0.5, 0.6) is 0 Å². The number of amides is 1. The molecule has 1 saturated carbocycles. The number of hydrogen-bond acceptors (Lipinski definition) is 7. The number of nitrogens with zero attached hydrogens (tertiary/aromatic N) is 6. The summed E-state index contributed by atoms with van der Waals surface area (Å²) in [5.41, 5.74) is 2.83. The Morgan fingerprint density at radius 3 is 2.51 bits per heavy atom. The van der Waals surface area contributed by atoms with E-state index < -0.39 is 0 Å². The van der Waals surface area contributed by atoms with Crippen LogP contribution in [0.1, 0.15) is 42.6 Å². The van der Waals surface area contributed by atoms with Crippen LogP contribution in [-0.4, -0.2) is 61.6 Å². The van der Waals surface area contributed by atoms with Crippen molar-refractivity contribution in [1.29, 1.82) is 0 Å². The Balaban J connectivity index is 1.04. The molecule has 190 valence electrons. The molecule has 2 fully saturated rings. The molecule has 3 heterocycles. The molecule has 0 atom stereocenters. The van der Waals surface area contributed by atoms with Gasteiger partial charge in [-0.2, -0.15) is 4.98 Å². The van der Waals surface area contributed by atoms with Crippen LogP contribution in [0, 0.1) is 6.92 Å². The molecule has 0 spiro atoms. The SMILES string of the molecule is Cc1ccc(-c2noc(CN3CCN(C(=O)CCc4nc5ccccc5c(=O)n4C4CC4)CC3)n2)cc1. The van der Waals surface area contributed by atoms with Crippen molar-refractivity contribution >= 4 is 16.8 Å². The second-order valence-electron chi connectivity index (χ2n) is 9.99. The Morgan fingerprint density at radius 1 is 1.00 bits per heavy atom. The monoisotopic (exact) mass is 498 g/mol. The molecule has 2 aromatic carbocycles. The first-order valence-corrected chi connectivity index (χ1v) is 12.9. The van der Waals surface area contributed by atoms with E-state index in [0.717, 1.165) is 37.3 Å². The van der Waals surface area contributed by atoms with Crippen molar-refractivity contribution in [3.8, 4) is 11.4 Å². The van der Waals surface area contributed by atoms with Crippen LogP contribution < -0.4 is 5.56 Å². The van der Waals surface area contributed by atoms with Gasteiger partial charge in [-0.1, -0.05) is 47.1 Å². The number of carbonyl (C=O) groups excluding carboxylic acids is 1. The third-order valence-electron chi connectivity index (χ3n) is 7.22. The second kappa shape index (κ2) is 9.89. The first-order valence-electron chi connectivity index (χ1n) is 12.9. The van der Waals surface area contributed by atoms with E-state index in [1.165, 1.54) is 5.56 Å². The average Bonchev–Trinajstić information content (AvgIpc) is 3.65. The lowest BCUT2D eigenvalue weighted by Gasteiger charge is -2.34. The van der Waals surface area contributed by atoms with Gasteiger partial charge in [0.2, 0.25) is 17.6 Å². The third-order valence-corrected chi connectivity index (χ3v) is 7.22. The largest absolute Gasteiger partial charge is 0.340 e. The van der Waals surface area contributed by atoms with Crippen LogP contribution in [0.25, 0.3) is 22.3 Å². The van der Waals surface area contributed by atoms with Crippen LogP contribution in [0.2, 0.25) is 0 Å². The van der Waals surface area contributed by atoms with Gasteiger partial charge in [-0.3, -0.25) is 19.1 Å². The summed E-state index contributed by atoms with van der Waals surface area (Å²) in [6.07, 6.45) is 2.81. The zero-order chi connectivity index (χ0) is 25.4. The van der Waals surface area contributed by atoms with Gasteiger partial charge in [0.1, 0.15) is 5.82 Å². The summed E-state index contributed by atoms with van der Waals surface area (Å²) < 4.78 is 7.29. The number of hydrogen-bond donors (Lipinski definition) is 0. The van der Waals surface area contributed by atoms with E-state index >= 15 is 0 Å². The van der Waals surface area contributed by atoms with E-state index in [1.54, 1.807) is 0 Å². The third kappa shape index (κ3) is 5.04. The normalized spacial score (nSPS) is 16.4. The molecule has 0 unspecified atom stereocenters. The Kier molecular flexibility index (Phi) is 6.30. The maximum absolute atomic E-state index is 13.1. The van der Waals surface area contributed by atoms with Gasteiger partial charge in [-0.05, 0) is 31.9 Å². The highest BCUT2D eigenvalue weighted by atomic mass is 16.5. The van der Waals surface area contributed by atoms with Gasteiger partial charge in [-0.15, -0.1) is 0 Å². The highest BCUT2D eigenvalue weighted by molar-refractivity contribution is 5.78. The number of para-hydroxylation sites is 1. The molecule has 1 aliphatic heterocycles. The number of piperazine rings is 1. The summed E-state index contributed by atoms with van der Waals surface area (Å²) in [5.74, 6) is 1.99. The van der Waals surface area contributed by atoms with Crippen molar-refractivity contribution < 1.29 is 9.32 Å². The maximum Gasteiger partial charge on any atom is 0.261 e. The molecule has 0 bridgehead atoms. The van der Waals surface area contributed by atoms with Gasteiger partial charge in [0.25, 0.3) is 5.56 Å². The van der Waals surface area contributed by atoms with E-state index in [-0.39, 0.29) is 17.5 Å². The molecule has 1 amide bonds. The highest BCUT2D eigenvalue weighted by Gasteiger charge is 2.29. The van der Waals surface area contributed by atoms with Gasteiger partial charge < -0.3 is 9.42 Å². The minimum atomic E-state index is 0.00993. The van der Waals surface area contributed by atoms with E-state index in [4.69, 9.17) is 9.51 Å². The summed E-state index contributed by atoms with van der Waals surface area (Å²) >= 11 is 0. The molecule has 4 aromatic rings. The van der Waals surface area contributed by atoms with Gasteiger partial charge in [0.15, 0.2) is 0 Å². The van der Waals surface area contributed by atoms with Crippen LogP contribution in [0.4, 0.5) is 0 Å². The van der Waals surface area contributed by atoms with Gasteiger partial charge in [0, 0.05) is 50.6 Å².